The number of anilines is 1. The minimum atomic E-state index is -0.429. The largest absolute Gasteiger partial charge is 0.496 e. The van der Waals surface area contributed by atoms with Crippen LogP contribution in [0.25, 0.3) is 23.3 Å². The molecule has 2 heterocycles. The van der Waals surface area contributed by atoms with Gasteiger partial charge in [0.15, 0.2) is 0 Å². The average molecular weight is 407 g/mol. The van der Waals surface area contributed by atoms with E-state index in [0.717, 1.165) is 34.3 Å². The molecule has 0 aliphatic carbocycles. The number of ether oxygens (including phenoxy) is 2. The van der Waals surface area contributed by atoms with Crippen molar-refractivity contribution in [2.75, 3.05) is 20.0 Å². The minimum Gasteiger partial charge on any atom is -0.496 e. The highest BCUT2D eigenvalue weighted by atomic mass is 19.1. The third-order valence-electron chi connectivity index (χ3n) is 4.69. The van der Waals surface area contributed by atoms with Gasteiger partial charge in [0, 0.05) is 16.7 Å². The van der Waals surface area contributed by atoms with Crippen LogP contribution in [0.2, 0.25) is 0 Å². The molecule has 0 spiro atoms. The zero-order valence-corrected chi connectivity index (χ0v) is 17.9. The quantitative estimate of drug-likeness (QED) is 0.617. The lowest BCUT2D eigenvalue weighted by molar-refractivity contribution is 0.395. The molecule has 5 nitrogen and oxygen atoms in total. The molecule has 0 saturated carbocycles. The van der Waals surface area contributed by atoms with Gasteiger partial charge in [0.1, 0.15) is 11.6 Å². The lowest BCUT2D eigenvalue weighted by Crippen LogP contribution is -2.14. The molecule has 0 fully saturated rings. The maximum Gasteiger partial charge on any atom is 0.221 e. The molecule has 0 radical (unpaired) electrons. The summed E-state index contributed by atoms with van der Waals surface area (Å²) < 4.78 is 25.1. The van der Waals surface area contributed by atoms with E-state index >= 15 is 0 Å². The summed E-state index contributed by atoms with van der Waals surface area (Å²) in [5.74, 6) is 0.680. The second-order valence-corrected chi connectivity index (χ2v) is 7.96. The lowest BCUT2D eigenvalue weighted by atomic mass is 9.83. The van der Waals surface area contributed by atoms with Gasteiger partial charge in [-0.3, -0.25) is 4.98 Å². The van der Waals surface area contributed by atoms with Crippen molar-refractivity contribution in [3.05, 3.63) is 65.4 Å². The summed E-state index contributed by atoms with van der Waals surface area (Å²) in [7, 11) is 3.17. The molecule has 3 rings (SSSR count). The maximum absolute atomic E-state index is 14.0. The van der Waals surface area contributed by atoms with Crippen LogP contribution in [0.1, 0.15) is 37.6 Å². The number of hydrogen-bond acceptors (Lipinski definition) is 5. The van der Waals surface area contributed by atoms with Gasteiger partial charge in [-0.2, -0.15) is 0 Å². The second-order valence-electron chi connectivity index (χ2n) is 7.96. The number of nitrogens with zero attached hydrogens (tertiary/aromatic N) is 2. The number of rotatable bonds is 5. The van der Waals surface area contributed by atoms with E-state index < -0.39 is 5.82 Å². The van der Waals surface area contributed by atoms with Crippen LogP contribution in [-0.2, 0) is 5.41 Å². The normalized spacial score (nSPS) is 11.7. The number of halogens is 1. The summed E-state index contributed by atoms with van der Waals surface area (Å²) in [6.45, 7) is 6.31. The van der Waals surface area contributed by atoms with Gasteiger partial charge < -0.3 is 15.2 Å². The molecule has 6 heteroatoms. The van der Waals surface area contributed by atoms with Gasteiger partial charge in [-0.1, -0.05) is 20.8 Å². The SMILES string of the molecule is COc1ncc(F)cc1-c1cc(C=Cc2ccc(N)cn2)c(OC)c(C(C)(C)C)c1. The van der Waals surface area contributed by atoms with Gasteiger partial charge in [-0.25, -0.2) is 9.37 Å². The number of nitrogen functional groups attached to an aromatic ring is 1. The zero-order valence-electron chi connectivity index (χ0n) is 17.9. The van der Waals surface area contributed by atoms with E-state index in [2.05, 4.69) is 30.7 Å². The minimum absolute atomic E-state index is 0.211. The average Bonchev–Trinajstić information content (AvgIpc) is 2.72. The lowest BCUT2D eigenvalue weighted by Gasteiger charge is -2.25. The van der Waals surface area contributed by atoms with E-state index in [0.29, 0.717) is 17.1 Å². The molecule has 3 aromatic rings. The van der Waals surface area contributed by atoms with E-state index in [-0.39, 0.29) is 5.41 Å². The van der Waals surface area contributed by atoms with E-state index in [4.69, 9.17) is 15.2 Å². The fraction of sp³-hybridized carbons (Fsp3) is 0.250. The fourth-order valence-corrected chi connectivity index (χ4v) is 3.20. The van der Waals surface area contributed by atoms with E-state index in [1.165, 1.54) is 13.2 Å². The highest BCUT2D eigenvalue weighted by Crippen LogP contribution is 2.40. The molecule has 0 aliphatic heterocycles. The van der Waals surface area contributed by atoms with Crippen LogP contribution in [0.4, 0.5) is 10.1 Å². The van der Waals surface area contributed by atoms with E-state index in [1.807, 2.05) is 30.4 Å². The zero-order chi connectivity index (χ0) is 21.9. The highest BCUT2D eigenvalue weighted by Gasteiger charge is 2.23. The summed E-state index contributed by atoms with van der Waals surface area (Å²) in [6, 6.07) is 8.99. The standard InChI is InChI=1S/C24H26FN3O2/c1-24(2,3)21-11-16(20-12-17(25)13-28-23(20)30-5)10-15(22(21)29-4)6-8-19-9-7-18(26)14-27-19/h6-14H,26H2,1-5H3. The first-order valence-electron chi connectivity index (χ1n) is 9.55. The number of hydrogen-bond donors (Lipinski definition) is 1. The van der Waals surface area contributed by atoms with Gasteiger partial charge >= 0.3 is 0 Å². The Hall–Kier alpha value is -3.41. The van der Waals surface area contributed by atoms with Crippen molar-refractivity contribution in [3.8, 4) is 22.8 Å². The Balaban J connectivity index is 2.21. The third-order valence-corrected chi connectivity index (χ3v) is 4.69. The molecule has 2 aromatic heterocycles. The van der Waals surface area contributed by atoms with Crippen molar-refractivity contribution in [3.63, 3.8) is 0 Å². The first-order chi connectivity index (χ1) is 14.2. The van der Waals surface area contributed by atoms with Crippen LogP contribution in [0.15, 0.2) is 42.7 Å². The number of nitrogens with two attached hydrogens (primary N) is 1. The summed E-state index contributed by atoms with van der Waals surface area (Å²) >= 11 is 0. The summed E-state index contributed by atoms with van der Waals surface area (Å²) in [5, 5.41) is 0. The van der Waals surface area contributed by atoms with Gasteiger partial charge in [0.25, 0.3) is 0 Å². The Morgan fingerprint density at radius 3 is 2.33 bits per heavy atom. The Morgan fingerprint density at radius 1 is 0.967 bits per heavy atom. The molecular weight excluding hydrogens is 381 g/mol. The van der Waals surface area contributed by atoms with Crippen LogP contribution in [-0.4, -0.2) is 24.2 Å². The molecule has 30 heavy (non-hydrogen) atoms. The molecule has 0 saturated heterocycles. The molecule has 1 aromatic carbocycles. The Kier molecular flexibility index (Phi) is 6.06. The van der Waals surface area contributed by atoms with Gasteiger partial charge in [-0.15, -0.1) is 0 Å². The summed E-state index contributed by atoms with van der Waals surface area (Å²) in [5.41, 5.74) is 10.1. The van der Waals surface area contributed by atoms with Crippen molar-refractivity contribution in [2.24, 2.45) is 0 Å². The number of methoxy groups -OCH3 is 2. The number of aromatic nitrogens is 2. The van der Waals surface area contributed by atoms with E-state index in [9.17, 15) is 4.39 Å². The molecule has 0 amide bonds. The van der Waals surface area contributed by atoms with Crippen molar-refractivity contribution >= 4 is 17.8 Å². The van der Waals surface area contributed by atoms with Gasteiger partial charge in [0.2, 0.25) is 5.88 Å². The monoisotopic (exact) mass is 407 g/mol. The summed E-state index contributed by atoms with van der Waals surface area (Å²) in [6.07, 6.45) is 6.56. The van der Waals surface area contributed by atoms with Crippen LogP contribution in [0.3, 0.4) is 0 Å². The Labute approximate surface area is 176 Å². The molecule has 0 bridgehead atoms. The van der Waals surface area contributed by atoms with Crippen molar-refractivity contribution in [1.29, 1.82) is 0 Å². The fourth-order valence-electron chi connectivity index (χ4n) is 3.20. The molecule has 0 aliphatic rings. The van der Waals surface area contributed by atoms with Gasteiger partial charge in [-0.05, 0) is 53.5 Å². The third kappa shape index (κ3) is 4.59. The predicted molar refractivity (Wildman–Crippen MR) is 119 cm³/mol. The first kappa shape index (κ1) is 21.3. The Bertz CT molecular complexity index is 1070. The number of pyridine rings is 2. The van der Waals surface area contributed by atoms with Crippen molar-refractivity contribution in [2.45, 2.75) is 26.2 Å². The van der Waals surface area contributed by atoms with Crippen molar-refractivity contribution < 1.29 is 13.9 Å². The van der Waals surface area contributed by atoms with Crippen LogP contribution in [0.5, 0.6) is 11.6 Å². The van der Waals surface area contributed by atoms with E-state index in [1.54, 1.807) is 19.4 Å². The maximum atomic E-state index is 14.0. The highest BCUT2D eigenvalue weighted by molar-refractivity contribution is 5.79. The van der Waals surface area contributed by atoms with Gasteiger partial charge in [0.05, 0.1) is 38.0 Å². The molecule has 156 valence electrons. The topological polar surface area (TPSA) is 70.3 Å². The smallest absolute Gasteiger partial charge is 0.221 e. The van der Waals surface area contributed by atoms with Crippen molar-refractivity contribution in [1.82, 2.24) is 9.97 Å². The van der Waals surface area contributed by atoms with Crippen LogP contribution >= 0.6 is 0 Å². The first-order valence-corrected chi connectivity index (χ1v) is 9.55. The number of benzene rings is 1. The molecule has 2 N–H and O–H groups in total. The second kappa shape index (κ2) is 8.53. The van der Waals surface area contributed by atoms with Crippen LogP contribution < -0.4 is 15.2 Å². The molecular formula is C24H26FN3O2. The predicted octanol–water partition coefficient (Wildman–Crippen LogP) is 5.35. The summed E-state index contributed by atoms with van der Waals surface area (Å²) in [4.78, 5) is 8.38. The Morgan fingerprint density at radius 2 is 1.73 bits per heavy atom. The van der Waals surface area contributed by atoms with Crippen LogP contribution in [0, 0.1) is 5.82 Å². The molecule has 0 unspecified atom stereocenters. The molecule has 0 atom stereocenters.